The van der Waals surface area contributed by atoms with Gasteiger partial charge < -0.3 is 20.7 Å². The third-order valence-corrected chi connectivity index (χ3v) is 7.75. The first-order chi connectivity index (χ1) is 22.1. The lowest BCUT2D eigenvalue weighted by Gasteiger charge is -2.27. The largest absolute Gasteiger partial charge is 0.481 e. The fourth-order valence-corrected chi connectivity index (χ4v) is 5.87. The van der Waals surface area contributed by atoms with Crippen molar-refractivity contribution < 1.29 is 49.8 Å². The molecule has 0 bridgehead atoms. The first kappa shape index (κ1) is 38.2. The highest BCUT2D eigenvalue weighted by Gasteiger charge is 2.41. The van der Waals surface area contributed by atoms with E-state index in [0.29, 0.717) is 21.3 Å². The van der Waals surface area contributed by atoms with Crippen molar-refractivity contribution in [1.29, 1.82) is 0 Å². The molecule has 0 spiro atoms. The Labute approximate surface area is 270 Å². The van der Waals surface area contributed by atoms with E-state index < -0.39 is 93.7 Å². The SMILES string of the molecule is Cc1cc(C)c(-c2cc(C(F)(F)F)c(F)c([C@H](CC(=O)O)NC(=O)[C@H](CC(C)C)n3cc(CCN)c(C(F)(F)F)cc3=O)c2F)c(C)c1. The molecule has 3 rings (SSSR count). The summed E-state index contributed by atoms with van der Waals surface area (Å²) in [6.45, 7) is 7.62. The number of carbonyl (C=O) groups excluding carboxylic acids is 1. The van der Waals surface area contributed by atoms with Crippen LogP contribution in [0.4, 0.5) is 35.1 Å². The number of nitrogens with one attached hydrogen (secondary N) is 1. The number of aromatic nitrogens is 1. The summed E-state index contributed by atoms with van der Waals surface area (Å²) in [7, 11) is 0. The van der Waals surface area contributed by atoms with E-state index in [1.54, 1.807) is 32.9 Å². The van der Waals surface area contributed by atoms with Crippen molar-refractivity contribution in [3.05, 3.63) is 91.4 Å². The van der Waals surface area contributed by atoms with Crippen molar-refractivity contribution in [1.82, 2.24) is 9.88 Å². The number of benzene rings is 2. The lowest BCUT2D eigenvalue weighted by molar-refractivity contribution is -0.140. The normalized spacial score (nSPS) is 13.5. The number of nitrogens with zero attached hydrogens (tertiary/aromatic N) is 1. The predicted molar refractivity (Wildman–Crippen MR) is 161 cm³/mol. The van der Waals surface area contributed by atoms with Gasteiger partial charge in [-0.05, 0) is 74.4 Å². The molecule has 48 heavy (non-hydrogen) atoms. The first-order valence-electron chi connectivity index (χ1n) is 14.8. The van der Waals surface area contributed by atoms with Crippen LogP contribution in [-0.2, 0) is 28.4 Å². The number of rotatable bonds is 11. The summed E-state index contributed by atoms with van der Waals surface area (Å²) in [5.41, 5.74) is -0.160. The van der Waals surface area contributed by atoms with E-state index in [2.05, 4.69) is 5.32 Å². The summed E-state index contributed by atoms with van der Waals surface area (Å²) in [5, 5.41) is 11.7. The van der Waals surface area contributed by atoms with Crippen molar-refractivity contribution >= 4 is 11.9 Å². The van der Waals surface area contributed by atoms with E-state index in [1.165, 1.54) is 13.8 Å². The molecule has 0 saturated carbocycles. The molecule has 2 atom stereocenters. The molecule has 1 aromatic heterocycles. The number of halogens is 8. The molecule has 1 heterocycles. The van der Waals surface area contributed by atoms with Crippen molar-refractivity contribution in [2.45, 2.75) is 78.3 Å². The molecule has 15 heteroatoms. The Bertz CT molecular complexity index is 1740. The van der Waals surface area contributed by atoms with Gasteiger partial charge in [0.2, 0.25) is 5.91 Å². The number of aryl methyl sites for hydroxylation is 3. The summed E-state index contributed by atoms with van der Waals surface area (Å²) in [6, 6.07) is -0.236. The highest BCUT2D eigenvalue weighted by Crippen LogP contribution is 2.42. The second-order valence-corrected chi connectivity index (χ2v) is 12.1. The zero-order valence-corrected chi connectivity index (χ0v) is 26.7. The van der Waals surface area contributed by atoms with Crippen LogP contribution in [0, 0.1) is 38.3 Å². The molecule has 0 saturated heterocycles. The van der Waals surface area contributed by atoms with Crippen LogP contribution >= 0.6 is 0 Å². The first-order valence-corrected chi connectivity index (χ1v) is 14.8. The number of carboxylic acid groups (broad SMARTS) is 1. The molecule has 0 aliphatic rings. The van der Waals surface area contributed by atoms with Gasteiger partial charge >= 0.3 is 18.3 Å². The standard InChI is InChI=1S/C33H35F8N3O4/c1-15(2)8-24(44-14-19(6-7-42)21(12-25(44)45)32(36,37)38)31(48)43-23(13-26(46)47)28-29(34)20(11-22(30(28)35)33(39,40)41)27-17(4)9-16(3)10-18(27)5/h9-12,14-15,23-24H,6-8,13,42H2,1-5H3,(H,43,48)(H,46,47)/t23-,24-/m0/s1. The summed E-state index contributed by atoms with van der Waals surface area (Å²) >= 11 is 0. The maximum absolute atomic E-state index is 16.4. The highest BCUT2D eigenvalue weighted by atomic mass is 19.4. The van der Waals surface area contributed by atoms with Crippen LogP contribution in [0.1, 0.15) is 77.7 Å². The van der Waals surface area contributed by atoms with E-state index >= 15 is 8.78 Å². The Morgan fingerprint density at radius 3 is 1.96 bits per heavy atom. The Hall–Kier alpha value is -4.27. The van der Waals surface area contributed by atoms with Gasteiger partial charge in [-0.1, -0.05) is 31.5 Å². The van der Waals surface area contributed by atoms with Crippen LogP contribution < -0.4 is 16.6 Å². The van der Waals surface area contributed by atoms with E-state index in [1.807, 2.05) is 0 Å². The molecule has 3 aromatic rings. The van der Waals surface area contributed by atoms with Gasteiger partial charge in [0.1, 0.15) is 17.7 Å². The summed E-state index contributed by atoms with van der Waals surface area (Å²) < 4.78 is 116. The minimum Gasteiger partial charge on any atom is -0.481 e. The molecule has 0 unspecified atom stereocenters. The molecule has 1 amide bonds. The molecule has 0 radical (unpaired) electrons. The van der Waals surface area contributed by atoms with Crippen molar-refractivity contribution in [2.24, 2.45) is 11.7 Å². The molecular weight excluding hydrogens is 654 g/mol. The average Bonchev–Trinajstić information content (AvgIpc) is 2.91. The average molecular weight is 690 g/mol. The second-order valence-electron chi connectivity index (χ2n) is 12.1. The summed E-state index contributed by atoms with van der Waals surface area (Å²) in [4.78, 5) is 38.6. The van der Waals surface area contributed by atoms with Crippen LogP contribution in [0.5, 0.6) is 0 Å². The predicted octanol–water partition coefficient (Wildman–Crippen LogP) is 7.18. The van der Waals surface area contributed by atoms with Crippen LogP contribution in [0.25, 0.3) is 11.1 Å². The van der Waals surface area contributed by atoms with Gasteiger partial charge in [-0.2, -0.15) is 26.3 Å². The van der Waals surface area contributed by atoms with Gasteiger partial charge in [0.15, 0.2) is 0 Å². The van der Waals surface area contributed by atoms with E-state index in [9.17, 15) is 45.8 Å². The molecule has 0 fully saturated rings. The molecule has 2 aromatic carbocycles. The van der Waals surface area contributed by atoms with E-state index in [4.69, 9.17) is 5.73 Å². The molecule has 0 aliphatic heterocycles. The lowest BCUT2D eigenvalue weighted by Crippen LogP contribution is -2.41. The summed E-state index contributed by atoms with van der Waals surface area (Å²) in [5.74, 6) is -7.16. The van der Waals surface area contributed by atoms with Gasteiger partial charge in [0.25, 0.3) is 5.56 Å². The van der Waals surface area contributed by atoms with Crippen LogP contribution in [-0.4, -0.2) is 28.1 Å². The zero-order valence-electron chi connectivity index (χ0n) is 26.7. The number of amides is 1. The Kier molecular flexibility index (Phi) is 11.5. The maximum Gasteiger partial charge on any atom is 0.419 e. The Morgan fingerprint density at radius 1 is 0.917 bits per heavy atom. The number of hydrogen-bond acceptors (Lipinski definition) is 4. The molecule has 0 aliphatic carbocycles. The maximum atomic E-state index is 16.4. The molecular formula is C33H35F8N3O4. The third kappa shape index (κ3) is 8.41. The van der Waals surface area contributed by atoms with Crippen LogP contribution in [0.2, 0.25) is 0 Å². The van der Waals surface area contributed by atoms with Gasteiger partial charge in [-0.15, -0.1) is 0 Å². The van der Waals surface area contributed by atoms with Crippen LogP contribution in [0.3, 0.4) is 0 Å². The summed E-state index contributed by atoms with van der Waals surface area (Å²) in [6.07, 6.45) is -11.4. The van der Waals surface area contributed by atoms with Gasteiger partial charge in [0, 0.05) is 23.4 Å². The number of pyridine rings is 1. The molecule has 7 nitrogen and oxygen atoms in total. The van der Waals surface area contributed by atoms with Crippen molar-refractivity contribution in [3.63, 3.8) is 0 Å². The fourth-order valence-electron chi connectivity index (χ4n) is 5.87. The molecule has 4 N–H and O–H groups in total. The van der Waals surface area contributed by atoms with Crippen molar-refractivity contribution in [3.8, 4) is 11.1 Å². The third-order valence-electron chi connectivity index (χ3n) is 7.75. The van der Waals surface area contributed by atoms with Gasteiger partial charge in [-0.3, -0.25) is 14.4 Å². The quantitative estimate of drug-likeness (QED) is 0.185. The minimum atomic E-state index is -5.38. The number of carboxylic acids is 1. The Balaban J connectivity index is 2.30. The molecule has 262 valence electrons. The minimum absolute atomic E-state index is 0.00771. The number of carbonyl (C=O) groups is 2. The number of alkyl halides is 6. The number of hydrogen-bond donors (Lipinski definition) is 3. The van der Waals surface area contributed by atoms with Crippen molar-refractivity contribution in [2.75, 3.05) is 6.54 Å². The van der Waals surface area contributed by atoms with E-state index in [-0.39, 0.29) is 37.1 Å². The smallest absolute Gasteiger partial charge is 0.419 e. The highest BCUT2D eigenvalue weighted by molar-refractivity contribution is 5.82. The van der Waals surface area contributed by atoms with Gasteiger partial charge in [-0.25, -0.2) is 8.78 Å². The zero-order chi connectivity index (χ0) is 36.5. The van der Waals surface area contributed by atoms with Gasteiger partial charge in [0.05, 0.1) is 23.6 Å². The number of nitrogens with two attached hydrogens (primary N) is 1. The number of aliphatic carboxylic acids is 1. The van der Waals surface area contributed by atoms with Crippen LogP contribution in [0.15, 0.2) is 35.3 Å². The fraction of sp³-hybridized carbons (Fsp3) is 0.424. The van der Waals surface area contributed by atoms with E-state index in [0.717, 1.165) is 6.20 Å². The Morgan fingerprint density at radius 2 is 1.48 bits per heavy atom. The lowest BCUT2D eigenvalue weighted by atomic mass is 9.88. The second kappa shape index (κ2) is 14.5. The topological polar surface area (TPSA) is 114 Å². The monoisotopic (exact) mass is 689 g/mol.